The maximum Gasteiger partial charge on any atom is 0.148 e. The predicted octanol–water partition coefficient (Wildman–Crippen LogP) is 3.51. The molecule has 0 aliphatic heterocycles. The lowest BCUT2D eigenvalue weighted by atomic mass is 10.2. The van der Waals surface area contributed by atoms with Gasteiger partial charge < -0.3 is 11.1 Å². The topological polar surface area (TPSA) is 50.9 Å². The van der Waals surface area contributed by atoms with E-state index in [1.165, 1.54) is 12.3 Å². The highest BCUT2D eigenvalue weighted by Crippen LogP contribution is 2.28. The monoisotopic (exact) mass is 251 g/mol. The van der Waals surface area contributed by atoms with E-state index < -0.39 is 5.82 Å². The number of hydrogen-bond acceptors (Lipinski definition) is 3. The molecule has 1 aromatic carbocycles. The van der Waals surface area contributed by atoms with Crippen molar-refractivity contribution in [3.63, 3.8) is 0 Å². The number of nitrogens with zero attached hydrogens (tertiary/aromatic N) is 1. The molecular weight excluding hydrogens is 241 g/mol. The molecule has 0 bridgehead atoms. The standard InChI is InChI=1S/C12H11ClFN3/c1-7-5-11(16-6-10(7)15)17-12-8(13)3-2-4-9(12)14/h2-6H,15H2,1H3,(H,16,17). The number of halogens is 2. The van der Waals surface area contributed by atoms with Gasteiger partial charge in [0.05, 0.1) is 22.6 Å². The van der Waals surface area contributed by atoms with E-state index in [-0.39, 0.29) is 5.69 Å². The number of hydrogen-bond donors (Lipinski definition) is 2. The highest BCUT2D eigenvalue weighted by molar-refractivity contribution is 6.33. The van der Waals surface area contributed by atoms with Gasteiger partial charge in [-0.1, -0.05) is 17.7 Å². The fourth-order valence-electron chi connectivity index (χ4n) is 1.38. The first-order chi connectivity index (χ1) is 8.08. The Balaban J connectivity index is 2.35. The molecule has 17 heavy (non-hydrogen) atoms. The van der Waals surface area contributed by atoms with Crippen LogP contribution in [-0.4, -0.2) is 4.98 Å². The van der Waals surface area contributed by atoms with Crippen LogP contribution in [0.4, 0.5) is 21.6 Å². The molecule has 0 unspecified atom stereocenters. The Morgan fingerprint density at radius 3 is 2.82 bits per heavy atom. The zero-order valence-corrected chi connectivity index (χ0v) is 9.92. The minimum atomic E-state index is -0.422. The normalized spacial score (nSPS) is 10.3. The van der Waals surface area contributed by atoms with Crippen molar-refractivity contribution in [1.29, 1.82) is 0 Å². The summed E-state index contributed by atoms with van der Waals surface area (Å²) in [6.45, 7) is 1.85. The summed E-state index contributed by atoms with van der Waals surface area (Å²) < 4.78 is 13.5. The van der Waals surface area contributed by atoms with E-state index in [0.29, 0.717) is 16.5 Å². The SMILES string of the molecule is Cc1cc(Nc2c(F)cccc2Cl)ncc1N. The van der Waals surface area contributed by atoms with Crippen molar-refractivity contribution in [2.45, 2.75) is 6.92 Å². The number of pyridine rings is 1. The van der Waals surface area contributed by atoms with Crippen molar-refractivity contribution in [3.8, 4) is 0 Å². The van der Waals surface area contributed by atoms with Crippen molar-refractivity contribution < 1.29 is 4.39 Å². The molecule has 0 amide bonds. The summed E-state index contributed by atoms with van der Waals surface area (Å²) in [7, 11) is 0. The first-order valence-corrected chi connectivity index (χ1v) is 5.39. The van der Waals surface area contributed by atoms with Crippen LogP contribution in [0.3, 0.4) is 0 Å². The zero-order chi connectivity index (χ0) is 12.4. The minimum absolute atomic E-state index is 0.214. The van der Waals surface area contributed by atoms with Crippen LogP contribution in [0, 0.1) is 12.7 Å². The average molecular weight is 252 g/mol. The van der Waals surface area contributed by atoms with E-state index in [2.05, 4.69) is 10.3 Å². The van der Waals surface area contributed by atoms with Crippen LogP contribution in [0.1, 0.15) is 5.56 Å². The van der Waals surface area contributed by atoms with Crippen molar-refractivity contribution >= 4 is 28.8 Å². The van der Waals surface area contributed by atoms with Gasteiger partial charge in [-0.05, 0) is 30.7 Å². The molecule has 0 saturated carbocycles. The third-order valence-corrected chi connectivity index (χ3v) is 2.68. The highest BCUT2D eigenvalue weighted by Gasteiger charge is 2.07. The Bertz CT molecular complexity index is 537. The van der Waals surface area contributed by atoms with E-state index in [0.717, 1.165) is 5.56 Å². The van der Waals surface area contributed by atoms with Crippen LogP contribution in [0.15, 0.2) is 30.5 Å². The average Bonchev–Trinajstić information content (AvgIpc) is 2.28. The lowest BCUT2D eigenvalue weighted by molar-refractivity contribution is 0.632. The number of anilines is 3. The quantitative estimate of drug-likeness (QED) is 0.859. The van der Waals surface area contributed by atoms with E-state index in [1.807, 2.05) is 6.92 Å². The summed E-state index contributed by atoms with van der Waals surface area (Å²) in [5.41, 5.74) is 7.33. The molecular formula is C12H11ClFN3. The zero-order valence-electron chi connectivity index (χ0n) is 9.17. The lowest BCUT2D eigenvalue weighted by Gasteiger charge is -2.09. The Kier molecular flexibility index (Phi) is 3.15. The fraction of sp³-hybridized carbons (Fsp3) is 0.0833. The third-order valence-electron chi connectivity index (χ3n) is 2.37. The molecule has 1 heterocycles. The second kappa shape index (κ2) is 4.59. The summed E-state index contributed by atoms with van der Waals surface area (Å²) in [6.07, 6.45) is 1.52. The molecule has 2 aromatic rings. The Morgan fingerprint density at radius 1 is 1.41 bits per heavy atom. The molecule has 1 aromatic heterocycles. The molecule has 88 valence electrons. The molecule has 0 radical (unpaired) electrons. The first-order valence-electron chi connectivity index (χ1n) is 5.01. The number of benzene rings is 1. The van der Waals surface area contributed by atoms with Gasteiger partial charge in [-0.2, -0.15) is 0 Å². The molecule has 3 nitrogen and oxygen atoms in total. The van der Waals surface area contributed by atoms with Gasteiger partial charge in [0.15, 0.2) is 0 Å². The van der Waals surface area contributed by atoms with Crippen molar-refractivity contribution in [2.75, 3.05) is 11.1 Å². The first kappa shape index (κ1) is 11.7. The number of nitrogens with one attached hydrogen (secondary N) is 1. The van der Waals surface area contributed by atoms with Crippen molar-refractivity contribution in [1.82, 2.24) is 4.98 Å². The van der Waals surface area contributed by atoms with Gasteiger partial charge in [-0.15, -0.1) is 0 Å². The highest BCUT2D eigenvalue weighted by atomic mass is 35.5. The molecule has 0 aliphatic rings. The molecule has 0 atom stereocenters. The van der Waals surface area contributed by atoms with Crippen LogP contribution < -0.4 is 11.1 Å². The maximum absolute atomic E-state index is 13.5. The van der Waals surface area contributed by atoms with Crippen LogP contribution in [0.25, 0.3) is 0 Å². The third kappa shape index (κ3) is 2.47. The fourth-order valence-corrected chi connectivity index (χ4v) is 1.59. The minimum Gasteiger partial charge on any atom is -0.397 e. The Morgan fingerprint density at radius 2 is 2.18 bits per heavy atom. The van der Waals surface area contributed by atoms with Crippen molar-refractivity contribution in [2.24, 2.45) is 0 Å². The number of nitrogens with two attached hydrogens (primary N) is 1. The number of rotatable bonds is 2. The van der Waals surface area contributed by atoms with Crippen LogP contribution in [0.5, 0.6) is 0 Å². The number of aryl methyl sites for hydroxylation is 1. The Labute approximate surface area is 103 Å². The van der Waals surface area contributed by atoms with E-state index >= 15 is 0 Å². The summed E-state index contributed by atoms with van der Waals surface area (Å²) >= 11 is 5.90. The van der Waals surface area contributed by atoms with E-state index in [4.69, 9.17) is 17.3 Å². The second-order valence-electron chi connectivity index (χ2n) is 3.65. The predicted molar refractivity (Wildman–Crippen MR) is 68.1 cm³/mol. The van der Waals surface area contributed by atoms with Crippen LogP contribution in [-0.2, 0) is 0 Å². The number of para-hydroxylation sites is 1. The smallest absolute Gasteiger partial charge is 0.148 e. The molecule has 0 aliphatic carbocycles. The molecule has 2 rings (SSSR count). The Hall–Kier alpha value is -1.81. The molecule has 0 spiro atoms. The molecule has 3 N–H and O–H groups in total. The van der Waals surface area contributed by atoms with Gasteiger partial charge in [0.2, 0.25) is 0 Å². The molecule has 5 heteroatoms. The summed E-state index contributed by atoms with van der Waals surface area (Å²) in [4.78, 5) is 4.06. The summed E-state index contributed by atoms with van der Waals surface area (Å²) in [5.74, 6) is 0.0810. The molecule has 0 fully saturated rings. The van der Waals surface area contributed by atoms with Crippen molar-refractivity contribution in [3.05, 3.63) is 46.9 Å². The largest absolute Gasteiger partial charge is 0.397 e. The summed E-state index contributed by atoms with van der Waals surface area (Å²) in [6, 6.07) is 6.22. The van der Waals surface area contributed by atoms with E-state index in [9.17, 15) is 4.39 Å². The second-order valence-corrected chi connectivity index (χ2v) is 4.05. The van der Waals surface area contributed by atoms with Gasteiger partial charge in [-0.3, -0.25) is 0 Å². The van der Waals surface area contributed by atoms with Gasteiger partial charge in [0.1, 0.15) is 11.6 Å². The van der Waals surface area contributed by atoms with Crippen LogP contribution >= 0.6 is 11.6 Å². The number of nitrogen functional groups attached to an aromatic ring is 1. The van der Waals surface area contributed by atoms with Gasteiger partial charge in [0.25, 0.3) is 0 Å². The maximum atomic E-state index is 13.5. The van der Waals surface area contributed by atoms with Gasteiger partial charge in [0, 0.05) is 0 Å². The van der Waals surface area contributed by atoms with Crippen LogP contribution in [0.2, 0.25) is 5.02 Å². The number of aromatic nitrogens is 1. The lowest BCUT2D eigenvalue weighted by Crippen LogP contribution is -1.99. The van der Waals surface area contributed by atoms with Gasteiger partial charge in [-0.25, -0.2) is 9.37 Å². The molecule has 0 saturated heterocycles. The van der Waals surface area contributed by atoms with Gasteiger partial charge >= 0.3 is 0 Å². The summed E-state index contributed by atoms with van der Waals surface area (Å²) in [5, 5.41) is 3.14. The van der Waals surface area contributed by atoms with E-state index in [1.54, 1.807) is 18.2 Å².